The molecule has 0 aliphatic carbocycles. The number of carbonyl (C=O) groups excluding carboxylic acids is 1. The predicted molar refractivity (Wildman–Crippen MR) is 59.2 cm³/mol. The van der Waals surface area contributed by atoms with Crippen molar-refractivity contribution in [2.24, 2.45) is 5.92 Å². The molecule has 14 heavy (non-hydrogen) atoms. The van der Waals surface area contributed by atoms with Crippen molar-refractivity contribution >= 4 is 5.97 Å². The summed E-state index contributed by atoms with van der Waals surface area (Å²) in [5, 5.41) is 0. The quantitative estimate of drug-likeness (QED) is 0.613. The molecule has 0 bridgehead atoms. The molecule has 2 heteroatoms. The average Bonchev–Trinajstić information content (AvgIpc) is 1.99. The van der Waals surface area contributed by atoms with Crippen LogP contribution in [0.15, 0.2) is 0 Å². The average molecular weight is 200 g/mol. The molecule has 0 N–H and O–H groups in total. The maximum atomic E-state index is 11.4. The molecule has 0 radical (unpaired) electrons. The molecule has 0 heterocycles. The van der Waals surface area contributed by atoms with Gasteiger partial charge < -0.3 is 4.74 Å². The summed E-state index contributed by atoms with van der Waals surface area (Å²) in [5.74, 6) is 0.508. The van der Waals surface area contributed by atoms with Crippen LogP contribution in [-0.4, -0.2) is 11.6 Å². The molecule has 0 aromatic carbocycles. The molecule has 0 unspecified atom stereocenters. The summed E-state index contributed by atoms with van der Waals surface area (Å²) in [6.45, 7) is 10.3. The van der Waals surface area contributed by atoms with Crippen LogP contribution in [0, 0.1) is 5.92 Å². The van der Waals surface area contributed by atoms with Crippen LogP contribution in [0.25, 0.3) is 0 Å². The van der Waals surface area contributed by atoms with E-state index in [1.165, 1.54) is 0 Å². The molecule has 0 saturated heterocycles. The summed E-state index contributed by atoms with van der Waals surface area (Å²) in [6, 6.07) is 0. The van der Waals surface area contributed by atoms with Gasteiger partial charge >= 0.3 is 5.97 Å². The minimum absolute atomic E-state index is 0.0582. The summed E-state index contributed by atoms with van der Waals surface area (Å²) in [7, 11) is 0. The van der Waals surface area contributed by atoms with Gasteiger partial charge in [-0.3, -0.25) is 4.79 Å². The Balaban J connectivity index is 3.81. The van der Waals surface area contributed by atoms with Gasteiger partial charge in [-0.1, -0.05) is 27.2 Å². The Bertz CT molecular complexity index is 171. The Kier molecular flexibility index (Phi) is 5.82. The first-order chi connectivity index (χ1) is 6.37. The van der Waals surface area contributed by atoms with Gasteiger partial charge in [0.05, 0.1) is 0 Å². The summed E-state index contributed by atoms with van der Waals surface area (Å²) in [6.07, 6.45) is 3.44. The maximum Gasteiger partial charge on any atom is 0.306 e. The van der Waals surface area contributed by atoms with Gasteiger partial charge in [-0.25, -0.2) is 0 Å². The monoisotopic (exact) mass is 200 g/mol. The number of rotatable bonds is 6. The summed E-state index contributed by atoms with van der Waals surface area (Å²) in [4.78, 5) is 11.4. The van der Waals surface area contributed by atoms with Crippen molar-refractivity contribution in [3.05, 3.63) is 0 Å². The lowest BCUT2D eigenvalue weighted by Gasteiger charge is -2.24. The molecule has 0 aliphatic rings. The third kappa shape index (κ3) is 6.93. The first kappa shape index (κ1) is 13.5. The van der Waals surface area contributed by atoms with E-state index in [2.05, 4.69) is 20.8 Å². The Morgan fingerprint density at radius 3 is 2.36 bits per heavy atom. The molecule has 0 atom stereocenters. The molecule has 0 fully saturated rings. The highest BCUT2D eigenvalue weighted by atomic mass is 16.6. The third-order valence-electron chi connectivity index (χ3n) is 2.17. The molecule has 0 spiro atoms. The molecular weight excluding hydrogens is 176 g/mol. The van der Waals surface area contributed by atoms with Crippen LogP contribution in [0.3, 0.4) is 0 Å². The molecule has 2 nitrogen and oxygen atoms in total. The Hall–Kier alpha value is -0.530. The van der Waals surface area contributed by atoms with Crippen molar-refractivity contribution in [1.82, 2.24) is 0 Å². The first-order valence-corrected chi connectivity index (χ1v) is 5.59. The normalized spacial score (nSPS) is 11.9. The van der Waals surface area contributed by atoms with Crippen molar-refractivity contribution in [3.8, 4) is 0 Å². The lowest BCUT2D eigenvalue weighted by molar-refractivity contribution is -0.157. The van der Waals surface area contributed by atoms with E-state index in [4.69, 9.17) is 4.74 Å². The largest absolute Gasteiger partial charge is 0.460 e. The van der Waals surface area contributed by atoms with Crippen molar-refractivity contribution in [1.29, 1.82) is 0 Å². The molecule has 84 valence electrons. The maximum absolute atomic E-state index is 11.4. The number of hydrogen-bond donors (Lipinski definition) is 0. The van der Waals surface area contributed by atoms with Crippen LogP contribution < -0.4 is 0 Å². The molecule has 0 saturated carbocycles. The van der Waals surface area contributed by atoms with Crippen LogP contribution in [0.5, 0.6) is 0 Å². The number of hydrogen-bond acceptors (Lipinski definition) is 2. The highest BCUT2D eigenvalue weighted by molar-refractivity contribution is 5.69. The zero-order chi connectivity index (χ0) is 11.2. The Morgan fingerprint density at radius 2 is 1.93 bits per heavy atom. The Morgan fingerprint density at radius 1 is 1.36 bits per heavy atom. The topological polar surface area (TPSA) is 26.3 Å². The lowest BCUT2D eigenvalue weighted by Crippen LogP contribution is -2.27. The molecule has 0 aromatic rings. The van der Waals surface area contributed by atoms with E-state index in [0.717, 1.165) is 19.3 Å². The summed E-state index contributed by atoms with van der Waals surface area (Å²) in [5.41, 5.74) is -0.289. The third-order valence-corrected chi connectivity index (χ3v) is 2.17. The second-order valence-electron chi connectivity index (χ2n) is 4.92. The van der Waals surface area contributed by atoms with E-state index >= 15 is 0 Å². The summed E-state index contributed by atoms with van der Waals surface area (Å²) < 4.78 is 5.39. The van der Waals surface area contributed by atoms with Crippen molar-refractivity contribution in [2.45, 2.75) is 65.9 Å². The first-order valence-electron chi connectivity index (χ1n) is 5.59. The van der Waals surface area contributed by atoms with E-state index in [-0.39, 0.29) is 11.6 Å². The lowest BCUT2D eigenvalue weighted by atomic mass is 10.0. The molecular formula is C12H24O2. The number of esters is 1. The number of ether oxygens (including phenoxy) is 1. The van der Waals surface area contributed by atoms with Gasteiger partial charge in [0.1, 0.15) is 5.60 Å². The fourth-order valence-electron chi connectivity index (χ4n) is 1.42. The highest BCUT2D eigenvalue weighted by Crippen LogP contribution is 2.18. The molecule has 0 aliphatic heterocycles. The van der Waals surface area contributed by atoms with Crippen LogP contribution in [0.1, 0.15) is 60.3 Å². The van der Waals surface area contributed by atoms with Crippen LogP contribution in [0.2, 0.25) is 0 Å². The SMILES string of the molecule is CCCC(C)(C)OC(=O)CCC(C)C. The number of carbonyl (C=O) groups is 1. The van der Waals surface area contributed by atoms with Crippen LogP contribution in [0.4, 0.5) is 0 Å². The standard InChI is InChI=1S/C12H24O2/c1-6-9-12(4,5)14-11(13)8-7-10(2)3/h10H,6-9H2,1-5H3. The van der Waals surface area contributed by atoms with Gasteiger partial charge in [-0.2, -0.15) is 0 Å². The van der Waals surface area contributed by atoms with Crippen molar-refractivity contribution < 1.29 is 9.53 Å². The second kappa shape index (κ2) is 6.05. The Labute approximate surface area is 88.0 Å². The van der Waals surface area contributed by atoms with Gasteiger partial charge in [0.25, 0.3) is 0 Å². The minimum atomic E-state index is -0.289. The smallest absolute Gasteiger partial charge is 0.306 e. The van der Waals surface area contributed by atoms with Crippen LogP contribution >= 0.6 is 0 Å². The zero-order valence-corrected chi connectivity index (χ0v) is 10.2. The van der Waals surface area contributed by atoms with Crippen LogP contribution in [-0.2, 0) is 9.53 Å². The molecule has 0 amide bonds. The molecule has 0 rings (SSSR count). The van der Waals surface area contributed by atoms with Gasteiger partial charge in [-0.05, 0) is 32.6 Å². The molecule has 0 aromatic heterocycles. The van der Waals surface area contributed by atoms with Gasteiger partial charge in [0, 0.05) is 6.42 Å². The van der Waals surface area contributed by atoms with Gasteiger partial charge in [-0.15, -0.1) is 0 Å². The second-order valence-corrected chi connectivity index (χ2v) is 4.92. The fraction of sp³-hybridized carbons (Fsp3) is 0.917. The predicted octanol–water partition coefficient (Wildman–Crippen LogP) is 3.54. The van der Waals surface area contributed by atoms with E-state index in [0.29, 0.717) is 12.3 Å². The van der Waals surface area contributed by atoms with Crippen molar-refractivity contribution in [2.75, 3.05) is 0 Å². The van der Waals surface area contributed by atoms with Gasteiger partial charge in [0.15, 0.2) is 0 Å². The van der Waals surface area contributed by atoms with Gasteiger partial charge in [0.2, 0.25) is 0 Å². The minimum Gasteiger partial charge on any atom is -0.460 e. The fourth-order valence-corrected chi connectivity index (χ4v) is 1.42. The van der Waals surface area contributed by atoms with E-state index in [9.17, 15) is 4.79 Å². The van der Waals surface area contributed by atoms with Crippen molar-refractivity contribution in [3.63, 3.8) is 0 Å². The van der Waals surface area contributed by atoms with E-state index in [1.54, 1.807) is 0 Å². The summed E-state index contributed by atoms with van der Waals surface area (Å²) >= 11 is 0. The van der Waals surface area contributed by atoms with E-state index < -0.39 is 0 Å². The van der Waals surface area contributed by atoms with E-state index in [1.807, 2.05) is 13.8 Å². The highest BCUT2D eigenvalue weighted by Gasteiger charge is 2.21. The zero-order valence-electron chi connectivity index (χ0n) is 10.2.